The van der Waals surface area contributed by atoms with Crippen LogP contribution in [0, 0.1) is 5.82 Å². The largest absolute Gasteiger partial charge is 0.398 e. The lowest BCUT2D eigenvalue weighted by Crippen LogP contribution is -2.27. The van der Waals surface area contributed by atoms with E-state index in [1.807, 2.05) is 23.9 Å². The number of anilines is 2. The molecule has 1 saturated carbocycles. The van der Waals surface area contributed by atoms with Gasteiger partial charge in [0.25, 0.3) is 0 Å². The highest BCUT2D eigenvalue weighted by Crippen LogP contribution is 2.33. The van der Waals surface area contributed by atoms with Crippen molar-refractivity contribution < 1.29 is 4.39 Å². The van der Waals surface area contributed by atoms with Gasteiger partial charge in [0, 0.05) is 28.6 Å². The van der Waals surface area contributed by atoms with E-state index in [9.17, 15) is 4.39 Å². The number of pyridine rings is 1. The van der Waals surface area contributed by atoms with E-state index in [-0.39, 0.29) is 5.82 Å². The van der Waals surface area contributed by atoms with Gasteiger partial charge < -0.3 is 11.1 Å². The van der Waals surface area contributed by atoms with Gasteiger partial charge in [-0.3, -0.25) is 4.98 Å². The summed E-state index contributed by atoms with van der Waals surface area (Å²) < 4.78 is 14.3. The van der Waals surface area contributed by atoms with Crippen LogP contribution in [0.15, 0.2) is 24.4 Å². The Bertz CT molecular complexity index is 639. The summed E-state index contributed by atoms with van der Waals surface area (Å²) in [5.74, 6) is -0.314. The molecule has 0 bridgehead atoms. The Morgan fingerprint density at radius 1 is 1.33 bits per heavy atom. The van der Waals surface area contributed by atoms with Gasteiger partial charge in [-0.25, -0.2) is 4.39 Å². The Balaban J connectivity index is 1.87. The van der Waals surface area contributed by atoms with Gasteiger partial charge in [0.2, 0.25) is 0 Å². The van der Waals surface area contributed by atoms with Crippen molar-refractivity contribution in [1.82, 2.24) is 4.98 Å². The molecule has 3 N–H and O–H groups in total. The molecule has 1 aromatic carbocycles. The van der Waals surface area contributed by atoms with Gasteiger partial charge in [0.1, 0.15) is 0 Å². The third kappa shape index (κ3) is 2.93. The molecule has 1 fully saturated rings. The number of nitrogens with one attached hydrogen (secondary N) is 1. The van der Waals surface area contributed by atoms with Crippen molar-refractivity contribution in [2.24, 2.45) is 0 Å². The summed E-state index contributed by atoms with van der Waals surface area (Å²) in [5, 5.41) is 4.91. The molecular formula is C16H20FN3S. The first-order valence-electron chi connectivity index (χ1n) is 7.31. The molecule has 1 aromatic heterocycles. The van der Waals surface area contributed by atoms with E-state index in [1.54, 1.807) is 6.20 Å². The van der Waals surface area contributed by atoms with E-state index in [0.29, 0.717) is 22.9 Å². The first-order chi connectivity index (χ1) is 10.2. The second kappa shape index (κ2) is 6.10. The standard InChI is InChI=1S/C16H20FN3S/c1-21-11-6-4-10(5-7-11)20-16-13(17)9-14(18)12-3-2-8-19-15(12)16/h2-3,8-11,20H,4-7,18H2,1H3. The molecule has 1 aliphatic rings. The zero-order valence-electron chi connectivity index (χ0n) is 12.1. The van der Waals surface area contributed by atoms with E-state index in [4.69, 9.17) is 5.73 Å². The van der Waals surface area contributed by atoms with Crippen LogP contribution in [0.1, 0.15) is 25.7 Å². The Labute approximate surface area is 128 Å². The average Bonchev–Trinajstić information content (AvgIpc) is 2.52. The van der Waals surface area contributed by atoms with Crippen LogP contribution in [0.3, 0.4) is 0 Å². The van der Waals surface area contributed by atoms with Crippen molar-refractivity contribution in [2.75, 3.05) is 17.3 Å². The van der Waals surface area contributed by atoms with Crippen molar-refractivity contribution in [2.45, 2.75) is 37.0 Å². The number of benzene rings is 1. The first kappa shape index (κ1) is 14.4. The van der Waals surface area contributed by atoms with Crippen LogP contribution >= 0.6 is 11.8 Å². The Morgan fingerprint density at radius 2 is 2.10 bits per heavy atom. The Hall–Kier alpha value is -1.49. The van der Waals surface area contributed by atoms with Crippen LogP contribution < -0.4 is 11.1 Å². The molecule has 0 saturated heterocycles. The maximum atomic E-state index is 14.3. The molecule has 21 heavy (non-hydrogen) atoms. The predicted octanol–water partition coefficient (Wildman–Crippen LogP) is 4.04. The zero-order valence-corrected chi connectivity index (χ0v) is 12.9. The number of rotatable bonds is 3. The zero-order chi connectivity index (χ0) is 14.8. The highest BCUT2D eigenvalue weighted by molar-refractivity contribution is 7.99. The lowest BCUT2D eigenvalue weighted by atomic mass is 9.94. The number of nitrogens with zero attached hydrogens (tertiary/aromatic N) is 1. The summed E-state index contributed by atoms with van der Waals surface area (Å²) in [4.78, 5) is 4.31. The summed E-state index contributed by atoms with van der Waals surface area (Å²) in [6, 6.07) is 5.41. The SMILES string of the molecule is CSC1CCC(Nc2c(F)cc(N)c3cccnc23)CC1. The molecule has 1 heterocycles. The van der Waals surface area contributed by atoms with E-state index >= 15 is 0 Å². The molecule has 0 amide bonds. The molecule has 5 heteroatoms. The topological polar surface area (TPSA) is 50.9 Å². The van der Waals surface area contributed by atoms with Gasteiger partial charge in [0.05, 0.1) is 11.2 Å². The summed E-state index contributed by atoms with van der Waals surface area (Å²) in [7, 11) is 0. The lowest BCUT2D eigenvalue weighted by molar-refractivity contribution is 0.471. The molecule has 0 spiro atoms. The number of hydrogen-bond donors (Lipinski definition) is 2. The summed E-state index contributed by atoms with van der Waals surface area (Å²) in [6.07, 6.45) is 8.35. The Morgan fingerprint density at radius 3 is 2.81 bits per heavy atom. The lowest BCUT2D eigenvalue weighted by Gasteiger charge is -2.29. The minimum Gasteiger partial charge on any atom is -0.398 e. The van der Waals surface area contributed by atoms with Crippen LogP contribution in [0.4, 0.5) is 15.8 Å². The minimum atomic E-state index is -0.314. The second-order valence-corrected chi connectivity index (χ2v) is 6.71. The molecule has 0 aliphatic heterocycles. The van der Waals surface area contributed by atoms with Crippen molar-refractivity contribution in [3.63, 3.8) is 0 Å². The molecule has 1 aliphatic carbocycles. The van der Waals surface area contributed by atoms with Crippen molar-refractivity contribution in [1.29, 1.82) is 0 Å². The van der Waals surface area contributed by atoms with Crippen LogP contribution in [0.25, 0.3) is 10.9 Å². The molecule has 3 nitrogen and oxygen atoms in total. The van der Waals surface area contributed by atoms with Gasteiger partial charge >= 0.3 is 0 Å². The van der Waals surface area contributed by atoms with Gasteiger partial charge in [0.15, 0.2) is 5.82 Å². The monoisotopic (exact) mass is 305 g/mol. The molecule has 2 aromatic rings. The van der Waals surface area contributed by atoms with Crippen LogP contribution in [-0.4, -0.2) is 22.5 Å². The van der Waals surface area contributed by atoms with Gasteiger partial charge in [-0.05, 0) is 50.1 Å². The predicted molar refractivity (Wildman–Crippen MR) is 89.3 cm³/mol. The van der Waals surface area contributed by atoms with Gasteiger partial charge in [-0.15, -0.1) is 0 Å². The number of aromatic nitrogens is 1. The molecule has 0 radical (unpaired) electrons. The summed E-state index contributed by atoms with van der Waals surface area (Å²) in [6.45, 7) is 0. The molecule has 112 valence electrons. The number of thioether (sulfide) groups is 1. The number of halogens is 1. The first-order valence-corrected chi connectivity index (χ1v) is 8.60. The minimum absolute atomic E-state index is 0.314. The second-order valence-electron chi connectivity index (χ2n) is 5.58. The van der Waals surface area contributed by atoms with E-state index in [0.717, 1.165) is 23.5 Å². The number of fused-ring (bicyclic) bond motifs is 1. The van der Waals surface area contributed by atoms with E-state index in [1.165, 1.54) is 18.9 Å². The average molecular weight is 305 g/mol. The summed E-state index contributed by atoms with van der Waals surface area (Å²) in [5.41, 5.74) is 7.44. The highest BCUT2D eigenvalue weighted by atomic mass is 32.2. The van der Waals surface area contributed by atoms with E-state index in [2.05, 4.69) is 16.6 Å². The highest BCUT2D eigenvalue weighted by Gasteiger charge is 2.22. The normalized spacial score (nSPS) is 22.4. The number of nitrogen functional groups attached to an aromatic ring is 1. The maximum absolute atomic E-state index is 14.3. The van der Waals surface area contributed by atoms with Crippen LogP contribution in [0.5, 0.6) is 0 Å². The number of nitrogens with two attached hydrogens (primary N) is 1. The fourth-order valence-electron chi connectivity index (χ4n) is 3.02. The molecule has 3 rings (SSSR count). The van der Waals surface area contributed by atoms with Crippen molar-refractivity contribution in [3.8, 4) is 0 Å². The van der Waals surface area contributed by atoms with Gasteiger partial charge in [-0.2, -0.15) is 11.8 Å². The number of hydrogen-bond acceptors (Lipinski definition) is 4. The van der Waals surface area contributed by atoms with Crippen molar-refractivity contribution >= 4 is 34.0 Å². The fraction of sp³-hybridized carbons (Fsp3) is 0.438. The quantitative estimate of drug-likeness (QED) is 0.840. The van der Waals surface area contributed by atoms with Gasteiger partial charge in [-0.1, -0.05) is 0 Å². The van der Waals surface area contributed by atoms with Crippen LogP contribution in [-0.2, 0) is 0 Å². The van der Waals surface area contributed by atoms with Crippen LogP contribution in [0.2, 0.25) is 0 Å². The molecular weight excluding hydrogens is 285 g/mol. The maximum Gasteiger partial charge on any atom is 0.150 e. The third-order valence-corrected chi connectivity index (χ3v) is 5.37. The smallest absolute Gasteiger partial charge is 0.150 e. The Kier molecular flexibility index (Phi) is 4.19. The summed E-state index contributed by atoms with van der Waals surface area (Å²) >= 11 is 1.93. The fourth-order valence-corrected chi connectivity index (χ4v) is 3.76. The van der Waals surface area contributed by atoms with E-state index < -0.39 is 0 Å². The molecule has 0 atom stereocenters. The molecule has 0 unspecified atom stereocenters. The van der Waals surface area contributed by atoms with Crippen molar-refractivity contribution in [3.05, 3.63) is 30.2 Å². The third-order valence-electron chi connectivity index (χ3n) is 4.23.